The summed E-state index contributed by atoms with van der Waals surface area (Å²) in [5, 5.41) is 3.10. The van der Waals surface area contributed by atoms with Crippen molar-refractivity contribution in [1.29, 1.82) is 0 Å². The molecule has 25 heavy (non-hydrogen) atoms. The zero-order valence-electron chi connectivity index (χ0n) is 15.6. The summed E-state index contributed by atoms with van der Waals surface area (Å²) < 4.78 is 5.27. The minimum absolute atomic E-state index is 0.0512. The predicted molar refractivity (Wildman–Crippen MR) is 96.3 cm³/mol. The molecule has 0 aromatic carbocycles. The lowest BCUT2D eigenvalue weighted by Gasteiger charge is -2.28. The molecule has 0 bridgehead atoms. The molecule has 0 unspecified atom stereocenters. The Morgan fingerprint density at radius 1 is 1.40 bits per heavy atom. The number of nitrogens with two attached hydrogens (primary N) is 1. The molecule has 0 radical (unpaired) electrons. The first-order chi connectivity index (χ1) is 11.7. The monoisotopic (exact) mass is 348 g/mol. The van der Waals surface area contributed by atoms with Crippen LogP contribution in [0.3, 0.4) is 0 Å². The third kappa shape index (κ3) is 4.10. The fourth-order valence-electron chi connectivity index (χ4n) is 3.11. The van der Waals surface area contributed by atoms with Crippen LogP contribution in [0, 0.1) is 11.8 Å². The van der Waals surface area contributed by atoms with Crippen molar-refractivity contribution in [3.63, 3.8) is 0 Å². The Kier molecular flexibility index (Phi) is 5.67. The predicted octanol–water partition coefficient (Wildman–Crippen LogP) is 1.18. The molecule has 0 aliphatic carbocycles. The van der Waals surface area contributed by atoms with Crippen LogP contribution < -0.4 is 16.0 Å². The lowest BCUT2D eigenvalue weighted by Crippen LogP contribution is -2.51. The Morgan fingerprint density at radius 2 is 2.08 bits per heavy atom. The van der Waals surface area contributed by atoms with Crippen molar-refractivity contribution < 1.29 is 14.3 Å². The van der Waals surface area contributed by atoms with E-state index in [1.807, 2.05) is 4.90 Å². The number of aromatic nitrogens is 1. The summed E-state index contributed by atoms with van der Waals surface area (Å²) in [5.74, 6) is 0.519. The van der Waals surface area contributed by atoms with Gasteiger partial charge in [0, 0.05) is 32.3 Å². The van der Waals surface area contributed by atoms with Crippen LogP contribution in [0.15, 0.2) is 18.3 Å². The molecule has 1 aliphatic heterocycles. The van der Waals surface area contributed by atoms with E-state index in [0.717, 1.165) is 0 Å². The summed E-state index contributed by atoms with van der Waals surface area (Å²) in [5.41, 5.74) is 4.98. The number of nitrogens with one attached hydrogen (secondary N) is 1. The molecule has 0 spiro atoms. The second-order valence-corrected chi connectivity index (χ2v) is 7.35. The Morgan fingerprint density at radius 3 is 2.64 bits per heavy atom. The molecule has 1 aliphatic rings. The summed E-state index contributed by atoms with van der Waals surface area (Å²) in [4.78, 5) is 30.6. The number of ether oxygens (including phenoxy) is 1. The molecular weight excluding hydrogens is 320 g/mol. The molecule has 1 fully saturated rings. The maximum absolute atomic E-state index is 12.5. The highest BCUT2D eigenvalue weighted by atomic mass is 16.5. The zero-order valence-corrected chi connectivity index (χ0v) is 15.6. The molecule has 0 saturated carbocycles. The van der Waals surface area contributed by atoms with Crippen molar-refractivity contribution in [1.82, 2.24) is 10.3 Å². The molecule has 2 atom stereocenters. The number of rotatable bonds is 6. The van der Waals surface area contributed by atoms with E-state index in [4.69, 9.17) is 10.5 Å². The normalized spacial score (nSPS) is 20.8. The van der Waals surface area contributed by atoms with Gasteiger partial charge in [0.25, 0.3) is 11.8 Å². The summed E-state index contributed by atoms with van der Waals surface area (Å²) in [6.45, 7) is 9.01. The Hall–Kier alpha value is -2.15. The average molecular weight is 348 g/mol. The molecule has 2 amide bonds. The minimum Gasteiger partial charge on any atom is -0.369 e. The van der Waals surface area contributed by atoms with Crippen LogP contribution in [0.2, 0.25) is 0 Å². The molecule has 1 aromatic rings. The van der Waals surface area contributed by atoms with Gasteiger partial charge in [-0.1, -0.05) is 13.8 Å². The molecule has 2 rings (SSSR count). The number of hydrogen-bond donors (Lipinski definition) is 2. The number of pyridine rings is 1. The first-order valence-electron chi connectivity index (χ1n) is 8.53. The second kappa shape index (κ2) is 7.39. The lowest BCUT2D eigenvalue weighted by molar-refractivity contribution is -0.140. The largest absolute Gasteiger partial charge is 0.369 e. The number of nitrogens with zero attached hydrogens (tertiary/aromatic N) is 2. The van der Waals surface area contributed by atoms with Crippen LogP contribution in [0.1, 0.15) is 38.1 Å². The number of anilines is 1. The van der Waals surface area contributed by atoms with Crippen LogP contribution >= 0.6 is 0 Å². The molecule has 1 saturated heterocycles. The van der Waals surface area contributed by atoms with Crippen molar-refractivity contribution in [3.05, 3.63) is 23.9 Å². The molecule has 7 nitrogen and oxygen atoms in total. The highest BCUT2D eigenvalue weighted by Gasteiger charge is 2.39. The highest BCUT2D eigenvalue weighted by Crippen LogP contribution is 2.30. The quantitative estimate of drug-likeness (QED) is 0.804. The van der Waals surface area contributed by atoms with Gasteiger partial charge >= 0.3 is 0 Å². The molecule has 2 heterocycles. The summed E-state index contributed by atoms with van der Waals surface area (Å²) >= 11 is 0. The molecular formula is C18H28N4O3. The van der Waals surface area contributed by atoms with Gasteiger partial charge < -0.3 is 20.7 Å². The van der Waals surface area contributed by atoms with E-state index < -0.39 is 11.5 Å². The number of methoxy groups -OCH3 is 1. The summed E-state index contributed by atoms with van der Waals surface area (Å²) in [6, 6.07) is 3.32. The number of primary amides is 1. The lowest BCUT2D eigenvalue weighted by atomic mass is 9.91. The molecule has 138 valence electrons. The van der Waals surface area contributed by atoms with Gasteiger partial charge in [-0.2, -0.15) is 0 Å². The van der Waals surface area contributed by atoms with E-state index in [9.17, 15) is 9.59 Å². The van der Waals surface area contributed by atoms with Gasteiger partial charge in [0.15, 0.2) is 0 Å². The third-order valence-corrected chi connectivity index (χ3v) is 4.95. The summed E-state index contributed by atoms with van der Waals surface area (Å²) in [6.07, 6.45) is 1.64. The second-order valence-electron chi connectivity index (χ2n) is 7.35. The maximum Gasteiger partial charge on any atom is 0.252 e. The van der Waals surface area contributed by atoms with Crippen molar-refractivity contribution in [2.24, 2.45) is 17.6 Å². The third-order valence-electron chi connectivity index (χ3n) is 4.95. The molecule has 3 N–H and O–H groups in total. The van der Waals surface area contributed by atoms with Crippen molar-refractivity contribution in [3.8, 4) is 0 Å². The van der Waals surface area contributed by atoms with Crippen molar-refractivity contribution in [2.75, 3.05) is 25.1 Å². The first-order valence-corrected chi connectivity index (χ1v) is 8.53. The van der Waals surface area contributed by atoms with Gasteiger partial charge in [-0.3, -0.25) is 9.59 Å². The van der Waals surface area contributed by atoms with Crippen LogP contribution in [0.25, 0.3) is 0 Å². The fourth-order valence-corrected chi connectivity index (χ4v) is 3.11. The highest BCUT2D eigenvalue weighted by molar-refractivity contribution is 5.97. The van der Waals surface area contributed by atoms with Gasteiger partial charge in [-0.05, 0) is 31.9 Å². The van der Waals surface area contributed by atoms with E-state index >= 15 is 0 Å². The summed E-state index contributed by atoms with van der Waals surface area (Å²) in [7, 11) is 1.52. The zero-order chi connectivity index (χ0) is 18.8. The van der Waals surface area contributed by atoms with Gasteiger partial charge in [-0.25, -0.2) is 4.98 Å². The van der Waals surface area contributed by atoms with Crippen LogP contribution in [0.5, 0.6) is 0 Å². The number of carbonyl (C=O) groups excluding carboxylic acids is 2. The van der Waals surface area contributed by atoms with Gasteiger partial charge in [0.05, 0.1) is 11.6 Å². The van der Waals surface area contributed by atoms with E-state index in [-0.39, 0.29) is 17.9 Å². The van der Waals surface area contributed by atoms with E-state index in [0.29, 0.717) is 30.4 Å². The number of amides is 2. The van der Waals surface area contributed by atoms with Crippen LogP contribution in [-0.4, -0.2) is 48.6 Å². The van der Waals surface area contributed by atoms with Crippen molar-refractivity contribution in [2.45, 2.75) is 39.3 Å². The Balaban J connectivity index is 2.24. The maximum atomic E-state index is 12.5. The minimum atomic E-state index is -0.891. The van der Waals surface area contributed by atoms with Crippen LogP contribution in [-0.2, 0) is 9.53 Å². The topological polar surface area (TPSA) is 97.6 Å². The smallest absolute Gasteiger partial charge is 0.252 e. The first kappa shape index (κ1) is 19.2. The average Bonchev–Trinajstić information content (AvgIpc) is 2.98. The SMILES string of the molecule is COC(C)(C)C(=O)N[C@H]1CN(c2ncccc2C(N)=O)C[C@@H]1C(C)C. The fraction of sp³-hybridized carbons (Fsp3) is 0.611. The van der Waals surface area contributed by atoms with E-state index in [2.05, 4.69) is 24.1 Å². The van der Waals surface area contributed by atoms with Gasteiger partial charge in [0.1, 0.15) is 11.4 Å². The van der Waals surface area contributed by atoms with Gasteiger partial charge in [0.2, 0.25) is 0 Å². The van der Waals surface area contributed by atoms with E-state index in [1.54, 1.807) is 32.2 Å². The number of carbonyl (C=O) groups is 2. The van der Waals surface area contributed by atoms with E-state index in [1.165, 1.54) is 7.11 Å². The molecule has 1 aromatic heterocycles. The van der Waals surface area contributed by atoms with Gasteiger partial charge in [-0.15, -0.1) is 0 Å². The molecule has 7 heteroatoms. The standard InChI is InChI=1S/C18H28N4O3/c1-11(2)13-9-22(16-12(15(19)23)7-6-8-20-16)10-14(13)21-17(24)18(3,4)25-5/h6-8,11,13-14H,9-10H2,1-5H3,(H2,19,23)(H,21,24)/t13-,14+/m1/s1. The number of hydrogen-bond acceptors (Lipinski definition) is 5. The Bertz CT molecular complexity index is 645. The van der Waals surface area contributed by atoms with Crippen molar-refractivity contribution >= 4 is 17.6 Å². The van der Waals surface area contributed by atoms with Crippen LogP contribution in [0.4, 0.5) is 5.82 Å². The Labute approximate surface area is 148 Å².